The van der Waals surface area contributed by atoms with Crippen molar-refractivity contribution in [2.45, 2.75) is 20.8 Å². The zero-order chi connectivity index (χ0) is 21.8. The summed E-state index contributed by atoms with van der Waals surface area (Å²) in [6.07, 6.45) is 4.17. The lowest BCUT2D eigenvalue weighted by atomic mass is 10.0. The van der Waals surface area contributed by atoms with Gasteiger partial charge in [-0.05, 0) is 55.7 Å². The van der Waals surface area contributed by atoms with E-state index in [1.165, 1.54) is 5.56 Å². The summed E-state index contributed by atoms with van der Waals surface area (Å²) in [4.78, 5) is 14.9. The van der Waals surface area contributed by atoms with Gasteiger partial charge in [-0.1, -0.05) is 66.2 Å². The predicted octanol–water partition coefficient (Wildman–Crippen LogP) is 6.79. The van der Waals surface area contributed by atoms with Gasteiger partial charge in [-0.15, -0.1) is 0 Å². The maximum absolute atomic E-state index is 12.7. The van der Waals surface area contributed by atoms with Gasteiger partial charge in [0.25, 0.3) is 0 Å². The molecule has 0 unspecified atom stereocenters. The first kappa shape index (κ1) is 20.7. The van der Waals surface area contributed by atoms with Crippen LogP contribution >= 0.6 is 0 Å². The number of anilines is 1. The highest BCUT2D eigenvalue weighted by Crippen LogP contribution is 2.25. The summed E-state index contributed by atoms with van der Waals surface area (Å²) >= 11 is 0. The molecule has 0 amide bonds. The van der Waals surface area contributed by atoms with Gasteiger partial charge in [0.1, 0.15) is 5.58 Å². The van der Waals surface area contributed by atoms with Gasteiger partial charge in [0.05, 0.1) is 5.56 Å². The Hall–Kier alpha value is -3.59. The van der Waals surface area contributed by atoms with Crippen molar-refractivity contribution < 1.29 is 4.42 Å². The third-order valence-electron chi connectivity index (χ3n) is 5.62. The molecule has 0 aliphatic carbocycles. The van der Waals surface area contributed by atoms with Crippen molar-refractivity contribution in [1.29, 1.82) is 0 Å². The SMILES string of the molecule is CCN(CC)c1ccc2cc(-c3ccc(/C=C/c4ccc(C)cc4)cc3)c(=O)oc2c1. The van der Waals surface area contributed by atoms with Crippen LogP contribution in [0.3, 0.4) is 0 Å². The number of nitrogens with zero attached hydrogens (tertiary/aromatic N) is 1. The Kier molecular flexibility index (Phi) is 6.03. The average Bonchev–Trinajstić information content (AvgIpc) is 2.79. The van der Waals surface area contributed by atoms with E-state index in [1.807, 2.05) is 42.5 Å². The average molecular weight is 410 g/mol. The number of aryl methyl sites for hydroxylation is 1. The molecule has 0 spiro atoms. The lowest BCUT2D eigenvalue weighted by Crippen LogP contribution is -2.21. The molecule has 3 aromatic carbocycles. The van der Waals surface area contributed by atoms with Crippen LogP contribution in [0.25, 0.3) is 34.2 Å². The summed E-state index contributed by atoms with van der Waals surface area (Å²) < 4.78 is 5.68. The normalized spacial score (nSPS) is 11.3. The van der Waals surface area contributed by atoms with E-state index in [0.717, 1.165) is 40.9 Å². The van der Waals surface area contributed by atoms with Crippen molar-refractivity contribution >= 4 is 28.8 Å². The summed E-state index contributed by atoms with van der Waals surface area (Å²) in [5.74, 6) is 0. The van der Waals surface area contributed by atoms with Crippen LogP contribution in [0.2, 0.25) is 0 Å². The predicted molar refractivity (Wildman–Crippen MR) is 132 cm³/mol. The van der Waals surface area contributed by atoms with Crippen molar-refractivity contribution in [3.63, 3.8) is 0 Å². The highest BCUT2D eigenvalue weighted by molar-refractivity contribution is 5.84. The van der Waals surface area contributed by atoms with Gasteiger partial charge >= 0.3 is 5.63 Å². The van der Waals surface area contributed by atoms with Crippen LogP contribution in [0.4, 0.5) is 5.69 Å². The van der Waals surface area contributed by atoms with Crippen LogP contribution in [0.1, 0.15) is 30.5 Å². The van der Waals surface area contributed by atoms with Crippen molar-refractivity contribution in [1.82, 2.24) is 0 Å². The van der Waals surface area contributed by atoms with E-state index in [-0.39, 0.29) is 5.63 Å². The molecule has 0 fully saturated rings. The van der Waals surface area contributed by atoms with Crippen molar-refractivity contribution in [2.24, 2.45) is 0 Å². The summed E-state index contributed by atoms with van der Waals surface area (Å²) in [6, 6.07) is 24.4. The lowest BCUT2D eigenvalue weighted by molar-refractivity contribution is 0.563. The molecule has 0 bridgehead atoms. The zero-order valence-electron chi connectivity index (χ0n) is 18.3. The fraction of sp³-hybridized carbons (Fsp3) is 0.179. The molecule has 4 rings (SSSR count). The number of hydrogen-bond acceptors (Lipinski definition) is 3. The van der Waals surface area contributed by atoms with Crippen molar-refractivity contribution in [2.75, 3.05) is 18.0 Å². The van der Waals surface area contributed by atoms with E-state index in [4.69, 9.17) is 4.42 Å². The molecule has 0 radical (unpaired) electrons. The van der Waals surface area contributed by atoms with E-state index >= 15 is 0 Å². The molecule has 0 aliphatic rings. The highest BCUT2D eigenvalue weighted by atomic mass is 16.4. The molecule has 31 heavy (non-hydrogen) atoms. The molecule has 0 saturated carbocycles. The second kappa shape index (κ2) is 9.05. The first-order valence-electron chi connectivity index (χ1n) is 10.8. The monoisotopic (exact) mass is 409 g/mol. The summed E-state index contributed by atoms with van der Waals surface area (Å²) in [7, 11) is 0. The number of fused-ring (bicyclic) bond motifs is 1. The molecule has 1 heterocycles. The molecule has 0 N–H and O–H groups in total. The standard InChI is InChI=1S/C28H27NO2/c1-4-29(5-2)25-17-16-24-18-26(28(30)31-27(24)19-25)23-14-12-22(13-15-23)11-10-21-8-6-20(3)7-9-21/h6-19H,4-5H2,1-3H3/b11-10+. The van der Waals surface area contributed by atoms with Crippen molar-refractivity contribution in [3.8, 4) is 11.1 Å². The molecule has 4 aromatic rings. The molecule has 0 aliphatic heterocycles. The molecular formula is C28H27NO2. The minimum atomic E-state index is -0.313. The van der Waals surface area contributed by atoms with Gasteiger partial charge in [0, 0.05) is 30.2 Å². The van der Waals surface area contributed by atoms with Crippen LogP contribution in [-0.4, -0.2) is 13.1 Å². The van der Waals surface area contributed by atoms with Crippen LogP contribution in [0.5, 0.6) is 0 Å². The smallest absolute Gasteiger partial charge is 0.344 e. The van der Waals surface area contributed by atoms with E-state index in [2.05, 4.69) is 68.2 Å². The number of rotatable bonds is 6. The van der Waals surface area contributed by atoms with E-state index in [9.17, 15) is 4.79 Å². The molecular weight excluding hydrogens is 382 g/mol. The Morgan fingerprint density at radius 2 is 1.42 bits per heavy atom. The van der Waals surface area contributed by atoms with Gasteiger partial charge in [-0.2, -0.15) is 0 Å². The second-order valence-electron chi connectivity index (χ2n) is 7.71. The number of benzene rings is 3. The van der Waals surface area contributed by atoms with E-state index < -0.39 is 0 Å². The summed E-state index contributed by atoms with van der Waals surface area (Å²) in [5.41, 5.74) is 6.31. The highest BCUT2D eigenvalue weighted by Gasteiger charge is 2.10. The Labute approximate surface area is 183 Å². The van der Waals surface area contributed by atoms with Crippen LogP contribution < -0.4 is 10.5 Å². The van der Waals surface area contributed by atoms with Crippen molar-refractivity contribution in [3.05, 3.63) is 99.9 Å². The molecule has 0 saturated heterocycles. The van der Waals surface area contributed by atoms with Gasteiger partial charge in [-0.25, -0.2) is 4.79 Å². The Morgan fingerprint density at radius 3 is 2.03 bits per heavy atom. The maximum Gasteiger partial charge on any atom is 0.344 e. The summed E-state index contributed by atoms with van der Waals surface area (Å²) in [6.45, 7) is 8.14. The second-order valence-corrected chi connectivity index (χ2v) is 7.71. The largest absolute Gasteiger partial charge is 0.422 e. The van der Waals surface area contributed by atoms with E-state index in [1.54, 1.807) is 0 Å². The van der Waals surface area contributed by atoms with Crippen LogP contribution in [0, 0.1) is 6.92 Å². The Balaban J connectivity index is 1.60. The van der Waals surface area contributed by atoms with Gasteiger partial charge < -0.3 is 9.32 Å². The van der Waals surface area contributed by atoms with Gasteiger partial charge in [-0.3, -0.25) is 0 Å². The van der Waals surface area contributed by atoms with Gasteiger partial charge in [0.15, 0.2) is 0 Å². The first-order valence-corrected chi connectivity index (χ1v) is 10.8. The zero-order valence-corrected chi connectivity index (χ0v) is 18.3. The molecule has 3 heteroatoms. The molecule has 1 aromatic heterocycles. The topological polar surface area (TPSA) is 33.5 Å². The quantitative estimate of drug-likeness (QED) is 0.260. The van der Waals surface area contributed by atoms with E-state index in [0.29, 0.717) is 11.1 Å². The molecule has 156 valence electrons. The third-order valence-corrected chi connectivity index (χ3v) is 5.62. The van der Waals surface area contributed by atoms with Crippen LogP contribution in [-0.2, 0) is 0 Å². The Morgan fingerprint density at radius 1 is 0.806 bits per heavy atom. The fourth-order valence-electron chi connectivity index (χ4n) is 3.73. The lowest BCUT2D eigenvalue weighted by Gasteiger charge is -2.21. The van der Waals surface area contributed by atoms with Gasteiger partial charge in [0.2, 0.25) is 0 Å². The fourth-order valence-corrected chi connectivity index (χ4v) is 3.73. The first-order chi connectivity index (χ1) is 15.1. The Bertz CT molecular complexity index is 1260. The molecule has 0 atom stereocenters. The minimum Gasteiger partial charge on any atom is -0.422 e. The maximum atomic E-state index is 12.7. The minimum absolute atomic E-state index is 0.313. The van der Waals surface area contributed by atoms with Crippen LogP contribution in [0.15, 0.2) is 82.0 Å². The number of hydrogen-bond donors (Lipinski definition) is 0. The summed E-state index contributed by atoms with van der Waals surface area (Å²) in [5, 5.41) is 0.925. The molecule has 3 nitrogen and oxygen atoms in total. The third kappa shape index (κ3) is 4.61.